The molecule has 0 saturated carbocycles. The van der Waals surface area contributed by atoms with Crippen LogP contribution in [0.15, 0.2) is 87.9 Å². The fourth-order valence-corrected chi connectivity index (χ4v) is 9.01. The SMILES string of the molecule is C=C(C)c1nnc(-c2ccc(S(=O)(=O)NCC3CCN(C(=O)OC(C)C(F)(F)F)CC3)cc2)nn1.CC(OC(=O)N1CCC(CNS(=O)(=O)c2ccc(-c3nnc(-c4ccoc4)nn3)cc2)CC1)C(F)(F)F. The van der Waals surface area contributed by atoms with E-state index in [1.807, 2.05) is 0 Å². The second-order valence-electron chi connectivity index (χ2n) is 16.6. The highest BCUT2D eigenvalue weighted by atomic mass is 32.2. The average molecular weight is 1060 g/mol. The lowest BCUT2D eigenvalue weighted by Gasteiger charge is -2.32. The van der Waals surface area contributed by atoms with Crippen LogP contribution in [0.4, 0.5) is 35.9 Å². The Kier molecular flexibility index (Phi) is 17.6. The quantitative estimate of drug-likeness (QED) is 0.115. The summed E-state index contributed by atoms with van der Waals surface area (Å²) in [7, 11) is -7.62. The van der Waals surface area contributed by atoms with Gasteiger partial charge in [-0.25, -0.2) is 35.9 Å². The molecule has 2 unspecified atom stereocenters. The van der Waals surface area contributed by atoms with E-state index < -0.39 is 56.8 Å². The Morgan fingerprint density at radius 1 is 0.625 bits per heavy atom. The number of allylic oxidation sites excluding steroid dienone is 1. The zero-order chi connectivity index (χ0) is 52.4. The van der Waals surface area contributed by atoms with Crippen LogP contribution in [0.1, 0.15) is 52.3 Å². The lowest BCUT2D eigenvalue weighted by Crippen LogP contribution is -2.44. The van der Waals surface area contributed by atoms with Crippen molar-refractivity contribution in [2.24, 2.45) is 11.8 Å². The molecule has 2 N–H and O–H groups in total. The smallest absolute Gasteiger partial charge is 0.425 e. The van der Waals surface area contributed by atoms with Crippen LogP contribution in [0.2, 0.25) is 0 Å². The molecule has 0 radical (unpaired) electrons. The van der Waals surface area contributed by atoms with Crippen LogP contribution in [0.3, 0.4) is 0 Å². The fourth-order valence-electron chi connectivity index (χ4n) is 6.78. The second-order valence-corrected chi connectivity index (χ2v) is 20.2. The molecule has 2 fully saturated rings. The number of carbonyl (C=O) groups excluding carboxylic acids is 2. The van der Waals surface area contributed by atoms with Crippen LogP contribution >= 0.6 is 0 Å². The maximum atomic E-state index is 12.7. The second kappa shape index (κ2) is 23.2. The molecule has 7 rings (SSSR count). The zero-order valence-corrected chi connectivity index (χ0v) is 40.3. The molecule has 2 aliphatic heterocycles. The lowest BCUT2D eigenvalue weighted by atomic mass is 9.97. The predicted octanol–water partition coefficient (Wildman–Crippen LogP) is 6.32. The summed E-state index contributed by atoms with van der Waals surface area (Å²) < 4.78 is 145. The molecular weight excluding hydrogens is 1010 g/mol. The van der Waals surface area contributed by atoms with Gasteiger partial charge in [0.05, 0.1) is 21.6 Å². The molecular formula is C43H48F6N12O9S2. The molecule has 388 valence electrons. The summed E-state index contributed by atoms with van der Waals surface area (Å²) >= 11 is 0. The molecule has 72 heavy (non-hydrogen) atoms. The van der Waals surface area contributed by atoms with Crippen molar-refractivity contribution in [1.82, 2.24) is 60.0 Å². The molecule has 2 atom stereocenters. The highest BCUT2D eigenvalue weighted by Gasteiger charge is 2.41. The van der Waals surface area contributed by atoms with Gasteiger partial charge in [-0.1, -0.05) is 6.58 Å². The summed E-state index contributed by atoms with van der Waals surface area (Å²) in [4.78, 5) is 26.3. The third-order valence-corrected chi connectivity index (χ3v) is 14.2. The molecule has 2 aliphatic rings. The van der Waals surface area contributed by atoms with Gasteiger partial charge in [-0.05, 0) is 118 Å². The Morgan fingerprint density at radius 2 is 0.972 bits per heavy atom. The standard InChI is InChI=1S/C22H23F3N6O5S.C21H25F3N6O4S/c1-14(22(23,24)25)36-21(32)31-9-6-15(7-10-31)12-26-37(33,34)18-4-2-16(3-5-18)19-27-29-20(30-28-19)17-8-11-35-13-17;1-13(2)18-26-28-19(29-27-18)16-4-6-17(7-5-16)35(32,33)25-12-15-8-10-30(11-9-15)20(31)34-14(3)21(22,23)24/h2-5,8,11,13-15,26H,6-7,9-10,12H2,1H3;4-7,14-15,25H,1,8-12H2,2-3H3. The fraction of sp³-hybridized carbons (Fsp3) is 0.442. The van der Waals surface area contributed by atoms with Gasteiger partial charge in [0.15, 0.2) is 18.0 Å². The molecule has 0 aliphatic carbocycles. The van der Waals surface area contributed by atoms with Crippen LogP contribution < -0.4 is 9.44 Å². The summed E-state index contributed by atoms with van der Waals surface area (Å²) in [6, 6.07) is 13.5. The monoisotopic (exact) mass is 1050 g/mol. The molecule has 21 nitrogen and oxygen atoms in total. The van der Waals surface area contributed by atoms with E-state index in [9.17, 15) is 52.8 Å². The van der Waals surface area contributed by atoms with Crippen molar-refractivity contribution in [3.05, 3.63) is 79.5 Å². The van der Waals surface area contributed by atoms with Crippen molar-refractivity contribution in [2.75, 3.05) is 39.3 Å². The summed E-state index contributed by atoms with van der Waals surface area (Å²) in [6.45, 7) is 7.92. The van der Waals surface area contributed by atoms with Gasteiger partial charge >= 0.3 is 24.5 Å². The number of alkyl halides is 6. The van der Waals surface area contributed by atoms with E-state index in [1.165, 1.54) is 58.7 Å². The van der Waals surface area contributed by atoms with E-state index in [0.29, 0.717) is 59.6 Å². The van der Waals surface area contributed by atoms with Gasteiger partial charge in [-0.15, -0.1) is 40.8 Å². The first kappa shape index (κ1) is 54.6. The van der Waals surface area contributed by atoms with Gasteiger partial charge in [-0.2, -0.15) is 26.3 Å². The number of nitrogens with one attached hydrogen (secondary N) is 2. The van der Waals surface area contributed by atoms with Gasteiger partial charge < -0.3 is 23.7 Å². The van der Waals surface area contributed by atoms with Crippen molar-refractivity contribution in [3.63, 3.8) is 0 Å². The molecule has 2 amide bonds. The van der Waals surface area contributed by atoms with Crippen LogP contribution in [0.25, 0.3) is 39.7 Å². The average Bonchev–Trinajstić information content (AvgIpc) is 3.91. The molecule has 5 heterocycles. The van der Waals surface area contributed by atoms with E-state index in [0.717, 1.165) is 13.8 Å². The van der Waals surface area contributed by atoms with Crippen molar-refractivity contribution in [2.45, 2.75) is 80.8 Å². The Balaban J connectivity index is 0.000000236. The number of piperidine rings is 2. The summed E-state index contributed by atoms with van der Waals surface area (Å²) in [5.74, 6) is 0.902. The van der Waals surface area contributed by atoms with Gasteiger partial charge in [0.25, 0.3) is 0 Å². The number of likely N-dealkylation sites (tertiary alicyclic amines) is 2. The Hall–Kier alpha value is -6.72. The largest absolute Gasteiger partial charge is 0.472 e. The first-order valence-corrected chi connectivity index (χ1v) is 24.9. The van der Waals surface area contributed by atoms with Crippen LogP contribution in [-0.2, 0) is 29.5 Å². The topological polar surface area (TPSA) is 268 Å². The molecule has 0 spiro atoms. The number of nitrogens with zero attached hydrogens (tertiary/aromatic N) is 10. The van der Waals surface area contributed by atoms with E-state index in [1.54, 1.807) is 25.1 Å². The Morgan fingerprint density at radius 3 is 1.29 bits per heavy atom. The Labute approximate surface area is 408 Å². The molecule has 0 bridgehead atoms. The maximum absolute atomic E-state index is 12.7. The summed E-state index contributed by atoms with van der Waals surface area (Å²) in [5, 5.41) is 31.8. The normalized spacial score (nSPS) is 16.0. The number of halogens is 6. The lowest BCUT2D eigenvalue weighted by molar-refractivity contribution is -0.200. The van der Waals surface area contributed by atoms with E-state index in [2.05, 4.69) is 66.3 Å². The Bertz CT molecular complexity index is 2830. The first-order chi connectivity index (χ1) is 33.9. The zero-order valence-electron chi connectivity index (χ0n) is 38.7. The number of rotatable bonds is 14. The van der Waals surface area contributed by atoms with Crippen LogP contribution in [0.5, 0.6) is 0 Å². The van der Waals surface area contributed by atoms with Crippen LogP contribution in [0, 0.1) is 11.8 Å². The number of hydrogen-bond donors (Lipinski definition) is 2. The minimum Gasteiger partial charge on any atom is -0.472 e. The number of furan rings is 1. The number of amides is 2. The molecule has 29 heteroatoms. The van der Waals surface area contributed by atoms with E-state index in [-0.39, 0.29) is 72.5 Å². The summed E-state index contributed by atoms with van der Waals surface area (Å²) in [6.07, 6.45) is -11.1. The summed E-state index contributed by atoms with van der Waals surface area (Å²) in [5.41, 5.74) is 2.31. The number of carbonyl (C=O) groups is 2. The molecule has 3 aromatic heterocycles. The van der Waals surface area contributed by atoms with Crippen LogP contribution in [-0.4, -0.2) is 143 Å². The number of aromatic nitrogens is 8. The minimum atomic E-state index is -4.63. The number of ether oxygens (including phenoxy) is 2. The molecule has 2 aromatic carbocycles. The van der Waals surface area contributed by atoms with Crippen molar-refractivity contribution < 1.29 is 66.7 Å². The third kappa shape index (κ3) is 14.9. The van der Waals surface area contributed by atoms with Gasteiger partial charge in [0.1, 0.15) is 6.26 Å². The van der Waals surface area contributed by atoms with E-state index >= 15 is 0 Å². The minimum absolute atomic E-state index is 0.0364. The molecule has 5 aromatic rings. The predicted molar refractivity (Wildman–Crippen MR) is 241 cm³/mol. The molecule has 2 saturated heterocycles. The number of sulfonamides is 2. The van der Waals surface area contributed by atoms with E-state index in [4.69, 9.17) is 4.42 Å². The van der Waals surface area contributed by atoms with Crippen molar-refractivity contribution >= 4 is 37.8 Å². The highest BCUT2D eigenvalue weighted by Crippen LogP contribution is 2.27. The third-order valence-electron chi connectivity index (χ3n) is 11.3. The highest BCUT2D eigenvalue weighted by molar-refractivity contribution is 7.89. The van der Waals surface area contributed by atoms with Crippen molar-refractivity contribution in [1.29, 1.82) is 0 Å². The number of hydrogen-bond acceptors (Lipinski definition) is 17. The first-order valence-electron chi connectivity index (χ1n) is 22.0. The maximum Gasteiger partial charge on any atom is 0.425 e. The van der Waals surface area contributed by atoms with Gasteiger partial charge in [-0.3, -0.25) is 0 Å². The van der Waals surface area contributed by atoms with Gasteiger partial charge in [0, 0.05) is 50.4 Å². The van der Waals surface area contributed by atoms with Crippen molar-refractivity contribution in [3.8, 4) is 34.2 Å². The van der Waals surface area contributed by atoms with Gasteiger partial charge in [0.2, 0.25) is 37.5 Å². The number of benzene rings is 2.